The van der Waals surface area contributed by atoms with Crippen LogP contribution in [0.2, 0.25) is 0 Å². The van der Waals surface area contributed by atoms with E-state index in [0.29, 0.717) is 12.8 Å². The van der Waals surface area contributed by atoms with Gasteiger partial charge < -0.3 is 4.52 Å². The van der Waals surface area contributed by atoms with Crippen LogP contribution in [0.3, 0.4) is 0 Å². The van der Waals surface area contributed by atoms with Gasteiger partial charge in [0.1, 0.15) is 0 Å². The monoisotopic (exact) mass is 178 g/mol. The lowest BCUT2D eigenvalue weighted by molar-refractivity contribution is 0.323. The zero-order chi connectivity index (χ0) is 9.12. The predicted molar refractivity (Wildman–Crippen MR) is 49.5 cm³/mol. The van der Waals surface area contributed by atoms with Gasteiger partial charge in [0.2, 0.25) is 7.37 Å². The van der Waals surface area contributed by atoms with E-state index in [1.165, 1.54) is 0 Å². The molecular weight excluding hydrogens is 159 g/mol. The first kappa shape index (κ1) is 11.2. The average molecular weight is 178 g/mol. The Morgan fingerprint density at radius 2 is 1.82 bits per heavy atom. The summed E-state index contributed by atoms with van der Waals surface area (Å²) >= 11 is 0. The zero-order valence-electron chi connectivity index (χ0n) is 8.18. The molecule has 0 aromatic carbocycles. The Labute approximate surface area is 69.8 Å². The van der Waals surface area contributed by atoms with E-state index in [1.807, 2.05) is 6.92 Å². The maximum absolute atomic E-state index is 11.6. The van der Waals surface area contributed by atoms with Gasteiger partial charge in [0, 0.05) is 12.8 Å². The molecule has 68 valence electrons. The van der Waals surface area contributed by atoms with E-state index in [2.05, 4.69) is 20.8 Å². The highest BCUT2D eigenvalue weighted by atomic mass is 31.2. The second kappa shape index (κ2) is 3.73. The SMILES string of the molecule is CCOP(C)(=O)CC(C)(C)C. The molecule has 0 spiro atoms. The number of hydrogen-bond acceptors (Lipinski definition) is 2. The third kappa shape index (κ3) is 6.58. The quantitative estimate of drug-likeness (QED) is 0.621. The van der Waals surface area contributed by atoms with Crippen LogP contribution in [0, 0.1) is 5.41 Å². The van der Waals surface area contributed by atoms with Crippen molar-refractivity contribution in [1.29, 1.82) is 0 Å². The van der Waals surface area contributed by atoms with Gasteiger partial charge in [-0.1, -0.05) is 20.8 Å². The minimum absolute atomic E-state index is 0.0967. The van der Waals surface area contributed by atoms with Crippen molar-refractivity contribution >= 4 is 7.37 Å². The Morgan fingerprint density at radius 3 is 2.09 bits per heavy atom. The molecule has 1 atom stereocenters. The van der Waals surface area contributed by atoms with Crippen LogP contribution < -0.4 is 0 Å². The smallest absolute Gasteiger partial charge is 0.200 e. The molecule has 1 unspecified atom stereocenters. The molecule has 11 heavy (non-hydrogen) atoms. The largest absolute Gasteiger partial charge is 0.329 e. The van der Waals surface area contributed by atoms with E-state index in [9.17, 15) is 4.57 Å². The standard InChI is InChI=1S/C8H19O2P/c1-6-10-11(5,9)7-8(2,3)4/h6-7H2,1-5H3. The van der Waals surface area contributed by atoms with Gasteiger partial charge in [-0.05, 0) is 12.3 Å². The fourth-order valence-electron chi connectivity index (χ4n) is 1.18. The second-order valence-electron chi connectivity index (χ2n) is 4.15. The van der Waals surface area contributed by atoms with Crippen molar-refractivity contribution in [3.8, 4) is 0 Å². The fourth-order valence-corrected chi connectivity index (χ4v) is 3.54. The summed E-state index contributed by atoms with van der Waals surface area (Å²) in [6.45, 7) is 10.3. The summed E-state index contributed by atoms with van der Waals surface area (Å²) in [4.78, 5) is 0. The van der Waals surface area contributed by atoms with Crippen molar-refractivity contribution in [2.75, 3.05) is 19.4 Å². The summed E-state index contributed by atoms with van der Waals surface area (Å²) in [6.07, 6.45) is 0.661. The van der Waals surface area contributed by atoms with Crippen molar-refractivity contribution < 1.29 is 9.09 Å². The highest BCUT2D eigenvalue weighted by Gasteiger charge is 2.23. The van der Waals surface area contributed by atoms with Crippen LogP contribution in [0.1, 0.15) is 27.7 Å². The first-order chi connectivity index (χ1) is 4.77. The molecule has 0 aromatic rings. The molecule has 0 heterocycles. The highest BCUT2D eigenvalue weighted by Crippen LogP contribution is 2.47. The van der Waals surface area contributed by atoms with Gasteiger partial charge in [0.05, 0.1) is 6.61 Å². The lowest BCUT2D eigenvalue weighted by Gasteiger charge is -2.22. The maximum atomic E-state index is 11.6. The Bertz CT molecular complexity index is 158. The lowest BCUT2D eigenvalue weighted by Crippen LogP contribution is -2.12. The number of rotatable bonds is 3. The van der Waals surface area contributed by atoms with Crippen molar-refractivity contribution in [2.45, 2.75) is 27.7 Å². The first-order valence-electron chi connectivity index (χ1n) is 3.98. The van der Waals surface area contributed by atoms with Crippen LogP contribution in [-0.2, 0) is 9.09 Å². The van der Waals surface area contributed by atoms with E-state index in [-0.39, 0.29) is 5.41 Å². The predicted octanol–water partition coefficient (Wildman–Crippen LogP) is 2.98. The van der Waals surface area contributed by atoms with Gasteiger partial charge in [-0.3, -0.25) is 4.57 Å². The third-order valence-corrected chi connectivity index (χ3v) is 3.49. The summed E-state index contributed by atoms with van der Waals surface area (Å²) in [5.41, 5.74) is 0.0967. The van der Waals surface area contributed by atoms with E-state index in [4.69, 9.17) is 4.52 Å². The topological polar surface area (TPSA) is 26.3 Å². The molecule has 0 amide bonds. The maximum Gasteiger partial charge on any atom is 0.200 e. The molecule has 0 rings (SSSR count). The number of hydrogen-bond donors (Lipinski definition) is 0. The van der Waals surface area contributed by atoms with Crippen LogP contribution in [0.15, 0.2) is 0 Å². The van der Waals surface area contributed by atoms with E-state index >= 15 is 0 Å². The molecule has 0 saturated heterocycles. The van der Waals surface area contributed by atoms with E-state index in [0.717, 1.165) is 0 Å². The molecule has 3 heteroatoms. The Hall–Kier alpha value is 0.190. The van der Waals surface area contributed by atoms with Crippen LogP contribution in [0.5, 0.6) is 0 Å². The molecule has 0 fully saturated rings. The summed E-state index contributed by atoms with van der Waals surface area (Å²) < 4.78 is 16.8. The van der Waals surface area contributed by atoms with Gasteiger partial charge in [0.15, 0.2) is 0 Å². The summed E-state index contributed by atoms with van der Waals surface area (Å²) in [6, 6.07) is 0. The molecule has 0 aromatic heterocycles. The van der Waals surface area contributed by atoms with Gasteiger partial charge in [-0.15, -0.1) is 0 Å². The van der Waals surface area contributed by atoms with Crippen molar-refractivity contribution in [3.05, 3.63) is 0 Å². The molecule has 0 aliphatic heterocycles. The Kier molecular flexibility index (Phi) is 3.79. The molecular formula is C8H19O2P. The molecule has 0 N–H and O–H groups in total. The Balaban J connectivity index is 4.03. The molecule has 0 radical (unpaired) electrons. The van der Waals surface area contributed by atoms with Gasteiger partial charge in [-0.2, -0.15) is 0 Å². The fraction of sp³-hybridized carbons (Fsp3) is 1.00. The van der Waals surface area contributed by atoms with Crippen LogP contribution >= 0.6 is 7.37 Å². The summed E-state index contributed by atoms with van der Waals surface area (Å²) in [7, 11) is -2.31. The molecule has 0 aliphatic carbocycles. The van der Waals surface area contributed by atoms with Gasteiger partial charge >= 0.3 is 0 Å². The normalized spacial score (nSPS) is 17.9. The minimum atomic E-state index is -2.31. The third-order valence-electron chi connectivity index (χ3n) is 1.16. The lowest BCUT2D eigenvalue weighted by atomic mass is 10.0. The van der Waals surface area contributed by atoms with E-state index in [1.54, 1.807) is 6.66 Å². The second-order valence-corrected chi connectivity index (χ2v) is 6.75. The zero-order valence-corrected chi connectivity index (χ0v) is 9.07. The molecule has 0 bridgehead atoms. The van der Waals surface area contributed by atoms with Crippen molar-refractivity contribution in [1.82, 2.24) is 0 Å². The van der Waals surface area contributed by atoms with Crippen molar-refractivity contribution in [3.63, 3.8) is 0 Å². The summed E-state index contributed by atoms with van der Waals surface area (Å²) in [5.74, 6) is 0. The van der Waals surface area contributed by atoms with Gasteiger partial charge in [-0.25, -0.2) is 0 Å². The van der Waals surface area contributed by atoms with E-state index < -0.39 is 7.37 Å². The van der Waals surface area contributed by atoms with Gasteiger partial charge in [0.25, 0.3) is 0 Å². The highest BCUT2D eigenvalue weighted by molar-refractivity contribution is 7.58. The van der Waals surface area contributed by atoms with Crippen molar-refractivity contribution in [2.24, 2.45) is 5.41 Å². The van der Waals surface area contributed by atoms with Crippen LogP contribution in [0.4, 0.5) is 0 Å². The van der Waals surface area contributed by atoms with Crippen LogP contribution in [-0.4, -0.2) is 19.4 Å². The molecule has 2 nitrogen and oxygen atoms in total. The molecule has 0 aliphatic rings. The minimum Gasteiger partial charge on any atom is -0.329 e. The Morgan fingerprint density at radius 1 is 1.36 bits per heavy atom. The average Bonchev–Trinajstić information content (AvgIpc) is 1.55. The van der Waals surface area contributed by atoms with Crippen LogP contribution in [0.25, 0.3) is 0 Å². The molecule has 0 saturated carbocycles. The first-order valence-corrected chi connectivity index (χ1v) is 6.24. The summed E-state index contributed by atoms with van der Waals surface area (Å²) in [5, 5.41) is 0.